The molecule has 1 aromatic carbocycles. The lowest BCUT2D eigenvalue weighted by Crippen LogP contribution is -2.46. The quantitative estimate of drug-likeness (QED) is 0.631. The molecule has 4 atom stereocenters. The number of rotatable bonds is 6. The second kappa shape index (κ2) is 8.05. The van der Waals surface area contributed by atoms with Crippen molar-refractivity contribution in [3.63, 3.8) is 0 Å². The van der Waals surface area contributed by atoms with Crippen molar-refractivity contribution in [2.75, 3.05) is 57.9 Å². The van der Waals surface area contributed by atoms with Gasteiger partial charge in [-0.2, -0.15) is 0 Å². The van der Waals surface area contributed by atoms with Crippen LogP contribution in [0, 0.1) is 11.8 Å². The summed E-state index contributed by atoms with van der Waals surface area (Å²) in [6, 6.07) is 5.69. The zero-order valence-electron chi connectivity index (χ0n) is 18.4. The first kappa shape index (κ1) is 21.0. The number of methoxy groups -OCH3 is 1. The summed E-state index contributed by atoms with van der Waals surface area (Å²) in [7, 11) is 1.62. The lowest BCUT2D eigenvalue weighted by Gasteiger charge is -2.27. The Hall–Kier alpha value is -2.53. The van der Waals surface area contributed by atoms with E-state index in [0.29, 0.717) is 18.2 Å². The van der Waals surface area contributed by atoms with E-state index in [-0.39, 0.29) is 17.9 Å². The Bertz CT molecular complexity index is 1130. The number of aromatic nitrogens is 1. The number of benzene rings is 1. The van der Waals surface area contributed by atoms with Crippen molar-refractivity contribution in [1.29, 1.82) is 0 Å². The number of nitrogens with zero attached hydrogens (tertiary/aromatic N) is 3. The largest absolute Gasteiger partial charge is 0.497 e. The zero-order chi connectivity index (χ0) is 22.6. The minimum absolute atomic E-state index is 0.0961. The summed E-state index contributed by atoms with van der Waals surface area (Å²) >= 11 is 1.46. The molecule has 6 rings (SSSR count). The predicted octanol–water partition coefficient (Wildman–Crippen LogP) is 1.04. The highest BCUT2D eigenvalue weighted by Gasteiger charge is 2.67. The number of carbonyl (C=O) groups is 2. The first-order chi connectivity index (χ1) is 16.1. The van der Waals surface area contributed by atoms with Gasteiger partial charge in [-0.25, -0.2) is 4.98 Å². The summed E-state index contributed by atoms with van der Waals surface area (Å²) in [6.45, 7) is 4.90. The van der Waals surface area contributed by atoms with Crippen LogP contribution in [-0.2, 0) is 19.1 Å². The maximum Gasteiger partial charge on any atom is 0.236 e. The molecule has 2 bridgehead atoms. The number of carbonyl (C=O) groups excluding carboxylic acids is 2. The van der Waals surface area contributed by atoms with Crippen molar-refractivity contribution in [2.45, 2.75) is 11.7 Å². The third-order valence-corrected chi connectivity index (χ3v) is 8.11. The van der Waals surface area contributed by atoms with Gasteiger partial charge in [0.25, 0.3) is 0 Å². The van der Waals surface area contributed by atoms with E-state index < -0.39 is 17.4 Å². The third-order valence-electron chi connectivity index (χ3n) is 7.05. The highest BCUT2D eigenvalue weighted by Crippen LogP contribution is 2.53. The normalized spacial score (nSPS) is 30.9. The van der Waals surface area contributed by atoms with Gasteiger partial charge in [-0.3, -0.25) is 19.4 Å². The molecule has 3 saturated heterocycles. The molecule has 174 valence electrons. The summed E-state index contributed by atoms with van der Waals surface area (Å²) < 4.78 is 17.9. The van der Waals surface area contributed by atoms with E-state index in [4.69, 9.17) is 14.2 Å². The molecular weight excluding hydrogens is 444 g/mol. The van der Waals surface area contributed by atoms with Crippen LogP contribution in [0.3, 0.4) is 0 Å². The minimum atomic E-state index is -0.760. The molecule has 0 saturated carbocycles. The van der Waals surface area contributed by atoms with Crippen LogP contribution in [0.15, 0.2) is 30.4 Å². The Labute approximate surface area is 195 Å². The van der Waals surface area contributed by atoms with Crippen molar-refractivity contribution >= 4 is 38.5 Å². The van der Waals surface area contributed by atoms with Crippen LogP contribution in [0.1, 0.15) is 0 Å². The number of anilines is 1. The van der Waals surface area contributed by atoms with Crippen molar-refractivity contribution < 1.29 is 23.8 Å². The van der Waals surface area contributed by atoms with E-state index in [0.717, 1.165) is 48.8 Å². The molecule has 5 heterocycles. The van der Waals surface area contributed by atoms with E-state index in [1.807, 2.05) is 30.4 Å². The van der Waals surface area contributed by atoms with Crippen LogP contribution < -0.4 is 15.0 Å². The molecule has 1 N–H and O–H groups in total. The van der Waals surface area contributed by atoms with Gasteiger partial charge in [0.15, 0.2) is 5.13 Å². The van der Waals surface area contributed by atoms with Crippen LogP contribution in [0.25, 0.3) is 10.2 Å². The Kier molecular flexibility index (Phi) is 5.13. The fourth-order valence-electron chi connectivity index (χ4n) is 5.38. The van der Waals surface area contributed by atoms with Gasteiger partial charge < -0.3 is 19.5 Å². The summed E-state index contributed by atoms with van der Waals surface area (Å²) in [6.07, 6.45) is 3.54. The Balaban J connectivity index is 1.19. The van der Waals surface area contributed by atoms with Gasteiger partial charge in [-0.1, -0.05) is 23.5 Å². The fourth-order valence-corrected chi connectivity index (χ4v) is 6.33. The van der Waals surface area contributed by atoms with Crippen molar-refractivity contribution in [2.24, 2.45) is 11.8 Å². The van der Waals surface area contributed by atoms with E-state index in [9.17, 15) is 9.59 Å². The average Bonchev–Trinajstić information content (AvgIpc) is 3.58. The van der Waals surface area contributed by atoms with E-state index in [2.05, 4.69) is 15.2 Å². The molecule has 0 aliphatic carbocycles. The second-order valence-electron chi connectivity index (χ2n) is 8.90. The summed E-state index contributed by atoms with van der Waals surface area (Å²) in [5.41, 5.74) is 0.0265. The molecule has 33 heavy (non-hydrogen) atoms. The lowest BCUT2D eigenvalue weighted by molar-refractivity contribution is -0.132. The van der Waals surface area contributed by atoms with Crippen molar-refractivity contribution in [3.05, 3.63) is 30.4 Å². The van der Waals surface area contributed by atoms with Gasteiger partial charge >= 0.3 is 0 Å². The lowest BCUT2D eigenvalue weighted by atomic mass is 9.77. The molecule has 2 aromatic rings. The fraction of sp³-hybridized carbons (Fsp3) is 0.522. The molecule has 4 aliphatic rings. The number of ether oxygens (including phenoxy) is 3. The van der Waals surface area contributed by atoms with Crippen LogP contribution in [0.2, 0.25) is 0 Å². The zero-order valence-corrected chi connectivity index (χ0v) is 19.2. The smallest absolute Gasteiger partial charge is 0.236 e. The second-order valence-corrected chi connectivity index (χ2v) is 9.91. The average molecular weight is 471 g/mol. The Morgan fingerprint density at radius 3 is 3.03 bits per heavy atom. The van der Waals surface area contributed by atoms with E-state index in [1.54, 1.807) is 12.0 Å². The monoisotopic (exact) mass is 470 g/mol. The number of nitrogens with one attached hydrogen (secondary N) is 1. The highest BCUT2D eigenvalue weighted by molar-refractivity contribution is 7.22. The minimum Gasteiger partial charge on any atom is -0.497 e. The van der Waals surface area contributed by atoms with Crippen LogP contribution in [0.4, 0.5) is 5.13 Å². The maximum absolute atomic E-state index is 13.6. The first-order valence-corrected chi connectivity index (χ1v) is 12.1. The highest BCUT2D eigenvalue weighted by atomic mass is 32.1. The summed E-state index contributed by atoms with van der Waals surface area (Å²) in [5, 5.41) is 3.67. The topological polar surface area (TPSA) is 93.2 Å². The summed E-state index contributed by atoms with van der Waals surface area (Å²) in [4.78, 5) is 35.3. The van der Waals surface area contributed by atoms with Gasteiger partial charge in [0, 0.05) is 32.2 Å². The van der Waals surface area contributed by atoms with Crippen molar-refractivity contribution in [1.82, 2.24) is 15.2 Å². The number of hydrogen-bond donors (Lipinski definition) is 1. The third kappa shape index (κ3) is 3.43. The number of thiazole rings is 1. The summed E-state index contributed by atoms with van der Waals surface area (Å²) in [5.74, 6) is -0.541. The Morgan fingerprint density at radius 2 is 2.21 bits per heavy atom. The molecule has 2 unspecified atom stereocenters. The SMILES string of the molecule is COc1ccc2sc(N3C[C@@]45C=C[C@H](O4)C(C(=O)NCCN4CCOCC4)C5C3=O)nc2c1. The molecule has 3 fully saturated rings. The standard InChI is InChI=1S/C23H26N4O5S/c1-30-14-2-3-17-15(12-14)25-22(33-17)27-13-23-5-4-16(32-23)18(19(23)21(27)29)20(28)24-6-7-26-8-10-31-11-9-26/h2-5,12,16,18-19H,6-11,13H2,1H3,(H,24,28)/t16-,18?,19?,23+/m0/s1. The molecule has 0 radical (unpaired) electrons. The van der Waals surface area contributed by atoms with Crippen LogP contribution >= 0.6 is 11.3 Å². The molecule has 1 aromatic heterocycles. The number of amides is 2. The van der Waals surface area contributed by atoms with Crippen LogP contribution in [0.5, 0.6) is 5.75 Å². The van der Waals surface area contributed by atoms with Crippen molar-refractivity contribution in [3.8, 4) is 5.75 Å². The first-order valence-electron chi connectivity index (χ1n) is 11.3. The Morgan fingerprint density at radius 1 is 1.36 bits per heavy atom. The molecule has 2 amide bonds. The van der Waals surface area contributed by atoms with Gasteiger partial charge in [-0.15, -0.1) is 0 Å². The number of hydrogen-bond acceptors (Lipinski definition) is 8. The van der Waals surface area contributed by atoms with E-state index >= 15 is 0 Å². The maximum atomic E-state index is 13.6. The molecule has 1 spiro atoms. The van der Waals surface area contributed by atoms with Gasteiger partial charge in [0.05, 0.1) is 55.0 Å². The van der Waals surface area contributed by atoms with Gasteiger partial charge in [0.2, 0.25) is 11.8 Å². The predicted molar refractivity (Wildman–Crippen MR) is 123 cm³/mol. The van der Waals surface area contributed by atoms with Crippen LogP contribution in [-0.4, -0.2) is 86.5 Å². The number of morpholine rings is 1. The number of fused-ring (bicyclic) bond motifs is 2. The molecule has 4 aliphatic heterocycles. The molecular formula is C23H26N4O5S. The van der Waals surface area contributed by atoms with E-state index in [1.165, 1.54) is 11.3 Å². The molecule has 9 nitrogen and oxygen atoms in total. The molecule has 10 heteroatoms. The van der Waals surface area contributed by atoms with Gasteiger partial charge in [0.1, 0.15) is 11.4 Å². The van der Waals surface area contributed by atoms with Gasteiger partial charge in [-0.05, 0) is 12.1 Å².